The van der Waals surface area contributed by atoms with Crippen molar-refractivity contribution >= 4 is 76.7 Å². The van der Waals surface area contributed by atoms with Crippen LogP contribution in [0.25, 0.3) is 20.2 Å². The van der Waals surface area contributed by atoms with Gasteiger partial charge in [-0.3, -0.25) is 0 Å². The summed E-state index contributed by atoms with van der Waals surface area (Å²) in [5.74, 6) is 0. The molecule has 0 aliphatic heterocycles. The molecule has 0 bridgehead atoms. The Morgan fingerprint density at radius 1 is 0.765 bits per heavy atom. The van der Waals surface area contributed by atoms with Crippen molar-refractivity contribution in [2.24, 2.45) is 0 Å². The molecule has 0 unspecified atom stereocenters. The van der Waals surface area contributed by atoms with Gasteiger partial charge >= 0.3 is 0 Å². The van der Waals surface area contributed by atoms with Gasteiger partial charge in [0.25, 0.3) is 0 Å². The first kappa shape index (κ1) is 12.2. The minimum atomic E-state index is 1.35. The summed E-state index contributed by atoms with van der Waals surface area (Å²) in [6, 6.07) is 9.25. The second kappa shape index (κ2) is 4.35. The molecule has 0 saturated heterocycles. The largest absolute Gasteiger partial charge is 0.135 e. The SMILES string of the molecule is Cc1cc2c(cc1I)sc1cc(I)c(C)cc12. The maximum absolute atomic E-state index is 2.42. The summed E-state index contributed by atoms with van der Waals surface area (Å²) in [6.45, 7) is 4.37. The average Bonchev–Trinajstić information content (AvgIpc) is 2.58. The summed E-state index contributed by atoms with van der Waals surface area (Å²) in [6.07, 6.45) is 0. The first-order valence-corrected chi connectivity index (χ1v) is 8.32. The Hall–Kier alpha value is 0.120. The zero-order chi connectivity index (χ0) is 12.2. The highest BCUT2D eigenvalue weighted by Gasteiger charge is 2.08. The van der Waals surface area contributed by atoms with Crippen LogP contribution in [0.5, 0.6) is 0 Å². The minimum absolute atomic E-state index is 1.35. The van der Waals surface area contributed by atoms with Crippen molar-refractivity contribution in [3.63, 3.8) is 0 Å². The molecule has 3 heteroatoms. The zero-order valence-electron chi connectivity index (χ0n) is 9.47. The topological polar surface area (TPSA) is 0 Å². The molecule has 0 amide bonds. The Morgan fingerprint density at radius 2 is 1.18 bits per heavy atom. The standard InChI is InChI=1S/C14H10I2S/c1-7-3-9-10-4-8(2)12(16)6-14(10)17-13(9)5-11(7)15/h3-6H,1-2H3. The Labute approximate surface area is 132 Å². The maximum Gasteiger partial charge on any atom is 0.0366 e. The van der Waals surface area contributed by atoms with E-state index in [0.717, 1.165) is 0 Å². The third kappa shape index (κ3) is 2.00. The second-order valence-electron chi connectivity index (χ2n) is 4.30. The van der Waals surface area contributed by atoms with Crippen molar-refractivity contribution < 1.29 is 0 Å². The Morgan fingerprint density at radius 3 is 1.59 bits per heavy atom. The van der Waals surface area contributed by atoms with Gasteiger partial charge in [0.2, 0.25) is 0 Å². The van der Waals surface area contributed by atoms with Gasteiger partial charge in [0.1, 0.15) is 0 Å². The van der Waals surface area contributed by atoms with E-state index in [2.05, 4.69) is 83.3 Å². The van der Waals surface area contributed by atoms with E-state index in [1.165, 1.54) is 38.4 Å². The van der Waals surface area contributed by atoms with Crippen LogP contribution in [0.15, 0.2) is 24.3 Å². The predicted molar refractivity (Wildman–Crippen MR) is 94.2 cm³/mol. The highest BCUT2D eigenvalue weighted by Crippen LogP contribution is 2.37. The molecule has 0 fully saturated rings. The van der Waals surface area contributed by atoms with Crippen molar-refractivity contribution in [2.75, 3.05) is 0 Å². The van der Waals surface area contributed by atoms with Gasteiger partial charge in [0.05, 0.1) is 0 Å². The fraction of sp³-hybridized carbons (Fsp3) is 0.143. The molecule has 3 aromatic rings. The van der Waals surface area contributed by atoms with Gasteiger partial charge in [-0.05, 0) is 94.4 Å². The van der Waals surface area contributed by atoms with E-state index in [1.54, 1.807) is 0 Å². The third-order valence-corrected chi connectivity index (χ3v) is 6.47. The summed E-state index contributed by atoms with van der Waals surface area (Å²) in [4.78, 5) is 0. The van der Waals surface area contributed by atoms with Gasteiger partial charge in [-0.25, -0.2) is 0 Å². The number of rotatable bonds is 0. The van der Waals surface area contributed by atoms with Crippen LogP contribution in [-0.2, 0) is 0 Å². The molecule has 1 aromatic heterocycles. The predicted octanol–water partition coefficient (Wildman–Crippen LogP) is 5.88. The summed E-state index contributed by atoms with van der Waals surface area (Å²) in [5.41, 5.74) is 2.74. The van der Waals surface area contributed by atoms with E-state index in [4.69, 9.17) is 0 Å². The lowest BCUT2D eigenvalue weighted by molar-refractivity contribution is 1.46. The lowest BCUT2D eigenvalue weighted by Gasteiger charge is -2.00. The molecular weight excluding hydrogens is 454 g/mol. The molecular formula is C14H10I2S. The Kier molecular flexibility index (Phi) is 3.11. The third-order valence-electron chi connectivity index (χ3n) is 3.03. The Bertz CT molecular complexity index is 679. The number of aryl methyl sites for hydroxylation is 2. The highest BCUT2D eigenvalue weighted by molar-refractivity contribution is 14.1. The lowest BCUT2D eigenvalue weighted by Crippen LogP contribution is -1.80. The number of halogens is 2. The van der Waals surface area contributed by atoms with Crippen LogP contribution in [0.2, 0.25) is 0 Å². The lowest BCUT2D eigenvalue weighted by atomic mass is 10.1. The number of benzene rings is 2. The molecule has 0 spiro atoms. The molecule has 1 heterocycles. The first-order valence-electron chi connectivity index (χ1n) is 5.35. The summed E-state index contributed by atoms with van der Waals surface area (Å²) in [5, 5.41) is 2.81. The minimum Gasteiger partial charge on any atom is -0.135 e. The Balaban J connectivity index is 2.51. The van der Waals surface area contributed by atoms with Crippen LogP contribution >= 0.6 is 56.5 Å². The van der Waals surface area contributed by atoms with Crippen LogP contribution < -0.4 is 0 Å². The van der Waals surface area contributed by atoms with Crippen LogP contribution in [0.4, 0.5) is 0 Å². The van der Waals surface area contributed by atoms with E-state index < -0.39 is 0 Å². The van der Waals surface area contributed by atoms with Crippen LogP contribution in [0.1, 0.15) is 11.1 Å². The quantitative estimate of drug-likeness (QED) is 0.365. The van der Waals surface area contributed by atoms with Crippen LogP contribution in [0, 0.1) is 21.0 Å². The molecule has 0 nitrogen and oxygen atoms in total. The number of fused-ring (bicyclic) bond motifs is 3. The first-order chi connectivity index (χ1) is 8.06. The smallest absolute Gasteiger partial charge is 0.0366 e. The van der Waals surface area contributed by atoms with Crippen molar-refractivity contribution in [3.8, 4) is 0 Å². The van der Waals surface area contributed by atoms with Gasteiger partial charge < -0.3 is 0 Å². The molecule has 0 aliphatic rings. The van der Waals surface area contributed by atoms with Crippen LogP contribution in [0.3, 0.4) is 0 Å². The molecule has 2 aromatic carbocycles. The van der Waals surface area contributed by atoms with Gasteiger partial charge in [0, 0.05) is 27.3 Å². The van der Waals surface area contributed by atoms with Gasteiger partial charge in [-0.2, -0.15) is 0 Å². The monoisotopic (exact) mass is 464 g/mol. The molecule has 17 heavy (non-hydrogen) atoms. The van der Waals surface area contributed by atoms with E-state index in [0.29, 0.717) is 0 Å². The fourth-order valence-corrected chi connectivity index (χ4v) is 4.54. The van der Waals surface area contributed by atoms with Gasteiger partial charge in [-0.1, -0.05) is 0 Å². The van der Waals surface area contributed by atoms with Crippen molar-refractivity contribution in [1.82, 2.24) is 0 Å². The molecule has 0 atom stereocenters. The van der Waals surface area contributed by atoms with E-state index in [1.807, 2.05) is 11.3 Å². The van der Waals surface area contributed by atoms with Crippen molar-refractivity contribution in [3.05, 3.63) is 42.5 Å². The second-order valence-corrected chi connectivity index (χ2v) is 7.71. The average molecular weight is 464 g/mol. The zero-order valence-corrected chi connectivity index (χ0v) is 14.6. The van der Waals surface area contributed by atoms with Gasteiger partial charge in [-0.15, -0.1) is 11.3 Å². The molecule has 3 rings (SSSR count). The van der Waals surface area contributed by atoms with Gasteiger partial charge in [0.15, 0.2) is 0 Å². The molecule has 0 N–H and O–H groups in total. The summed E-state index contributed by atoms with van der Waals surface area (Å²) >= 11 is 6.73. The molecule has 0 radical (unpaired) electrons. The number of hydrogen-bond acceptors (Lipinski definition) is 1. The fourth-order valence-electron chi connectivity index (χ4n) is 2.03. The summed E-state index contributed by atoms with van der Waals surface area (Å²) in [7, 11) is 0. The molecule has 86 valence electrons. The summed E-state index contributed by atoms with van der Waals surface area (Å²) < 4.78 is 5.51. The van der Waals surface area contributed by atoms with E-state index >= 15 is 0 Å². The number of hydrogen-bond donors (Lipinski definition) is 0. The van der Waals surface area contributed by atoms with Crippen LogP contribution in [-0.4, -0.2) is 0 Å². The molecule has 0 aliphatic carbocycles. The van der Waals surface area contributed by atoms with E-state index in [-0.39, 0.29) is 0 Å². The van der Waals surface area contributed by atoms with Crippen molar-refractivity contribution in [2.45, 2.75) is 13.8 Å². The normalized spacial score (nSPS) is 11.5. The maximum atomic E-state index is 2.42. The van der Waals surface area contributed by atoms with Crippen molar-refractivity contribution in [1.29, 1.82) is 0 Å². The van der Waals surface area contributed by atoms with E-state index in [9.17, 15) is 0 Å². The number of thiophene rings is 1. The highest BCUT2D eigenvalue weighted by atomic mass is 127. The molecule has 0 saturated carbocycles.